The Labute approximate surface area is 121 Å². The number of nitrogens with one attached hydrogen (secondary N) is 1. The average Bonchev–Trinajstić information content (AvgIpc) is 2.21. The molecule has 116 valence electrons. The summed E-state index contributed by atoms with van der Waals surface area (Å²) in [7, 11) is 4.30. The van der Waals surface area contributed by atoms with E-state index in [1.165, 1.54) is 19.6 Å². The first-order valence-electron chi connectivity index (χ1n) is 7.72. The molecule has 0 aliphatic carbocycles. The summed E-state index contributed by atoms with van der Waals surface area (Å²) >= 11 is 0. The Balaban J connectivity index is 4.14. The maximum atomic E-state index is 3.61. The molecular weight excluding hydrogens is 234 g/mol. The smallest absolute Gasteiger partial charge is 0.0109 e. The van der Waals surface area contributed by atoms with Gasteiger partial charge in [-0.3, -0.25) is 0 Å². The lowest BCUT2D eigenvalue weighted by molar-refractivity contribution is 0.189. The lowest BCUT2D eigenvalue weighted by Gasteiger charge is -2.30. The molecule has 3 nitrogen and oxygen atoms in total. The number of hydrogen-bond donors (Lipinski definition) is 1. The highest BCUT2D eigenvalue weighted by Gasteiger charge is 2.15. The van der Waals surface area contributed by atoms with Crippen molar-refractivity contribution in [2.45, 2.75) is 47.1 Å². The van der Waals surface area contributed by atoms with Gasteiger partial charge in [0.05, 0.1) is 0 Å². The molecule has 0 aliphatic rings. The number of rotatable bonds is 9. The Hall–Kier alpha value is -0.120. The molecule has 0 radical (unpaired) electrons. The molecule has 0 aromatic carbocycles. The van der Waals surface area contributed by atoms with Gasteiger partial charge in [-0.25, -0.2) is 0 Å². The molecule has 0 heterocycles. The fourth-order valence-electron chi connectivity index (χ4n) is 2.10. The monoisotopic (exact) mass is 271 g/mol. The molecule has 3 heteroatoms. The molecule has 0 amide bonds. The van der Waals surface area contributed by atoms with E-state index in [0.717, 1.165) is 19.0 Å². The Morgan fingerprint density at radius 3 is 1.95 bits per heavy atom. The first kappa shape index (κ1) is 18.9. The summed E-state index contributed by atoms with van der Waals surface area (Å²) in [4.78, 5) is 4.88. The van der Waals surface area contributed by atoms with Gasteiger partial charge >= 0.3 is 0 Å². The molecule has 0 aliphatic heterocycles. The van der Waals surface area contributed by atoms with Crippen molar-refractivity contribution in [3.05, 3.63) is 0 Å². The van der Waals surface area contributed by atoms with E-state index >= 15 is 0 Å². The van der Waals surface area contributed by atoms with Gasteiger partial charge in [0.2, 0.25) is 0 Å². The second-order valence-electron chi connectivity index (χ2n) is 7.69. The van der Waals surface area contributed by atoms with Gasteiger partial charge in [0.15, 0.2) is 0 Å². The largest absolute Gasteiger partial charge is 0.312 e. The molecule has 0 saturated carbocycles. The van der Waals surface area contributed by atoms with Crippen LogP contribution in [-0.4, -0.2) is 62.2 Å². The Morgan fingerprint density at radius 2 is 1.53 bits per heavy atom. The van der Waals surface area contributed by atoms with Gasteiger partial charge in [0.25, 0.3) is 0 Å². The van der Waals surface area contributed by atoms with Gasteiger partial charge in [-0.2, -0.15) is 0 Å². The molecule has 1 unspecified atom stereocenters. The number of likely N-dealkylation sites (N-methyl/N-ethyl adjacent to an activating group) is 1. The highest BCUT2D eigenvalue weighted by atomic mass is 15.2. The first-order chi connectivity index (χ1) is 8.60. The van der Waals surface area contributed by atoms with Crippen molar-refractivity contribution in [2.75, 3.05) is 46.8 Å². The lowest BCUT2D eigenvalue weighted by atomic mass is 10.1. The fourth-order valence-corrected chi connectivity index (χ4v) is 2.10. The average molecular weight is 271 g/mol. The van der Waals surface area contributed by atoms with Crippen LogP contribution in [0.3, 0.4) is 0 Å². The highest BCUT2D eigenvalue weighted by Crippen LogP contribution is 2.06. The maximum absolute atomic E-state index is 3.61. The topological polar surface area (TPSA) is 18.5 Å². The van der Waals surface area contributed by atoms with Crippen LogP contribution in [0.15, 0.2) is 0 Å². The van der Waals surface area contributed by atoms with Gasteiger partial charge in [-0.1, -0.05) is 20.8 Å². The minimum atomic E-state index is 0.223. The Kier molecular flexibility index (Phi) is 8.88. The second kappa shape index (κ2) is 8.93. The van der Waals surface area contributed by atoms with E-state index in [9.17, 15) is 0 Å². The van der Waals surface area contributed by atoms with Crippen LogP contribution in [0.2, 0.25) is 0 Å². The predicted octanol–water partition coefficient (Wildman–Crippen LogP) is 2.53. The summed E-state index contributed by atoms with van der Waals surface area (Å²) in [6, 6.07) is 0. The molecule has 19 heavy (non-hydrogen) atoms. The molecule has 0 aromatic heterocycles. The van der Waals surface area contributed by atoms with Gasteiger partial charge in [0.1, 0.15) is 0 Å². The van der Waals surface area contributed by atoms with E-state index in [-0.39, 0.29) is 5.54 Å². The van der Waals surface area contributed by atoms with Crippen LogP contribution in [0.5, 0.6) is 0 Å². The summed E-state index contributed by atoms with van der Waals surface area (Å²) in [5, 5.41) is 3.61. The molecular formula is C16H37N3. The van der Waals surface area contributed by atoms with Crippen LogP contribution in [0, 0.1) is 11.8 Å². The lowest BCUT2D eigenvalue weighted by Crippen LogP contribution is -2.43. The van der Waals surface area contributed by atoms with E-state index in [4.69, 9.17) is 0 Å². The number of nitrogens with zero attached hydrogens (tertiary/aromatic N) is 2. The molecule has 0 aromatic rings. The van der Waals surface area contributed by atoms with Crippen molar-refractivity contribution in [1.29, 1.82) is 0 Å². The Morgan fingerprint density at radius 1 is 0.947 bits per heavy atom. The summed E-state index contributed by atoms with van der Waals surface area (Å²) < 4.78 is 0. The first-order valence-corrected chi connectivity index (χ1v) is 7.72. The van der Waals surface area contributed by atoms with Crippen LogP contribution in [-0.2, 0) is 0 Å². The predicted molar refractivity (Wildman–Crippen MR) is 86.8 cm³/mol. The van der Waals surface area contributed by atoms with Crippen molar-refractivity contribution in [1.82, 2.24) is 15.1 Å². The third-order valence-electron chi connectivity index (χ3n) is 3.04. The summed E-state index contributed by atoms with van der Waals surface area (Å²) in [6.45, 7) is 19.5. The van der Waals surface area contributed by atoms with Gasteiger partial charge in [0, 0.05) is 31.7 Å². The van der Waals surface area contributed by atoms with E-state index in [1.54, 1.807) is 0 Å². The molecule has 0 rings (SSSR count). The second-order valence-corrected chi connectivity index (χ2v) is 7.69. The maximum Gasteiger partial charge on any atom is 0.0109 e. The van der Waals surface area contributed by atoms with Crippen molar-refractivity contribution >= 4 is 0 Å². The molecule has 0 saturated heterocycles. The van der Waals surface area contributed by atoms with Crippen LogP contribution in [0.25, 0.3) is 0 Å². The third-order valence-corrected chi connectivity index (χ3v) is 3.04. The van der Waals surface area contributed by atoms with Crippen molar-refractivity contribution < 1.29 is 0 Å². The van der Waals surface area contributed by atoms with Crippen LogP contribution in [0.4, 0.5) is 0 Å². The zero-order valence-electron chi connectivity index (χ0n) is 14.6. The summed E-state index contributed by atoms with van der Waals surface area (Å²) in [5.41, 5.74) is 0.223. The minimum absolute atomic E-state index is 0.223. The van der Waals surface area contributed by atoms with Crippen molar-refractivity contribution in [3.63, 3.8) is 0 Å². The zero-order valence-corrected chi connectivity index (χ0v) is 14.6. The third kappa shape index (κ3) is 12.6. The molecule has 1 N–H and O–H groups in total. The highest BCUT2D eigenvalue weighted by molar-refractivity contribution is 4.74. The van der Waals surface area contributed by atoms with E-state index in [2.05, 4.69) is 70.8 Å². The standard InChI is InChI=1S/C16H37N3/c1-14(2)12-19(10-9-18(7)8)13-15(3)11-17-16(4,5)6/h14-15,17H,9-13H2,1-8H3. The molecule has 0 fully saturated rings. The summed E-state index contributed by atoms with van der Waals surface area (Å²) in [5.74, 6) is 1.44. The SMILES string of the molecule is CC(C)CN(CCN(C)C)CC(C)CNC(C)(C)C. The van der Waals surface area contributed by atoms with Gasteiger partial charge in [-0.15, -0.1) is 0 Å². The summed E-state index contributed by atoms with van der Waals surface area (Å²) in [6.07, 6.45) is 0. The van der Waals surface area contributed by atoms with E-state index < -0.39 is 0 Å². The van der Waals surface area contributed by atoms with Crippen molar-refractivity contribution in [2.24, 2.45) is 11.8 Å². The van der Waals surface area contributed by atoms with E-state index in [1.807, 2.05) is 0 Å². The fraction of sp³-hybridized carbons (Fsp3) is 1.00. The Bertz CT molecular complexity index is 219. The quantitative estimate of drug-likeness (QED) is 0.695. The minimum Gasteiger partial charge on any atom is -0.312 e. The van der Waals surface area contributed by atoms with Crippen LogP contribution < -0.4 is 5.32 Å². The van der Waals surface area contributed by atoms with Crippen molar-refractivity contribution in [3.8, 4) is 0 Å². The van der Waals surface area contributed by atoms with Gasteiger partial charge in [-0.05, 0) is 53.2 Å². The van der Waals surface area contributed by atoms with Crippen LogP contribution in [0.1, 0.15) is 41.5 Å². The van der Waals surface area contributed by atoms with Gasteiger partial charge < -0.3 is 15.1 Å². The molecule has 0 spiro atoms. The molecule has 0 bridgehead atoms. The normalized spacial score (nSPS) is 14.7. The van der Waals surface area contributed by atoms with E-state index in [0.29, 0.717) is 5.92 Å². The number of hydrogen-bond acceptors (Lipinski definition) is 3. The molecule has 1 atom stereocenters. The zero-order chi connectivity index (χ0) is 15.1. The van der Waals surface area contributed by atoms with Crippen LogP contribution >= 0.6 is 0 Å².